The van der Waals surface area contributed by atoms with Gasteiger partial charge in [-0.15, -0.1) is 0 Å². The SMILES string of the molecule is CNc1cc(C)nc(COc2cc(F)ccc2F)n1. The molecule has 0 saturated heterocycles. The van der Waals surface area contributed by atoms with Crippen LogP contribution < -0.4 is 10.1 Å². The molecule has 2 rings (SSSR count). The maximum Gasteiger partial charge on any atom is 0.168 e. The minimum atomic E-state index is -0.622. The molecule has 0 spiro atoms. The molecule has 0 amide bonds. The molecule has 0 fully saturated rings. The van der Waals surface area contributed by atoms with Crippen LogP contribution in [0.3, 0.4) is 0 Å². The Hall–Kier alpha value is -2.24. The summed E-state index contributed by atoms with van der Waals surface area (Å²) in [6, 6.07) is 4.81. The molecule has 0 radical (unpaired) electrons. The van der Waals surface area contributed by atoms with Crippen molar-refractivity contribution in [3.8, 4) is 5.75 Å². The Labute approximate surface area is 109 Å². The third-order valence-electron chi connectivity index (χ3n) is 2.41. The van der Waals surface area contributed by atoms with Gasteiger partial charge in [0, 0.05) is 24.9 Å². The molecule has 0 aliphatic heterocycles. The van der Waals surface area contributed by atoms with Crippen molar-refractivity contribution in [2.45, 2.75) is 13.5 Å². The Balaban J connectivity index is 2.14. The number of anilines is 1. The zero-order valence-electron chi connectivity index (χ0n) is 10.6. The molecule has 1 N–H and O–H groups in total. The van der Waals surface area contributed by atoms with E-state index in [0.717, 1.165) is 23.9 Å². The van der Waals surface area contributed by atoms with Crippen LogP contribution in [-0.4, -0.2) is 17.0 Å². The molecule has 19 heavy (non-hydrogen) atoms. The maximum absolute atomic E-state index is 13.4. The summed E-state index contributed by atoms with van der Waals surface area (Å²) in [7, 11) is 1.73. The number of nitrogens with one attached hydrogen (secondary N) is 1. The number of benzene rings is 1. The zero-order valence-corrected chi connectivity index (χ0v) is 10.6. The molecule has 100 valence electrons. The number of halogens is 2. The fourth-order valence-electron chi connectivity index (χ4n) is 1.55. The molecule has 0 bridgehead atoms. The van der Waals surface area contributed by atoms with Crippen LogP contribution in [0.5, 0.6) is 5.75 Å². The van der Waals surface area contributed by atoms with Gasteiger partial charge in [-0.25, -0.2) is 18.7 Å². The van der Waals surface area contributed by atoms with E-state index in [4.69, 9.17) is 4.74 Å². The number of rotatable bonds is 4. The number of nitrogens with zero attached hydrogens (tertiary/aromatic N) is 2. The minimum absolute atomic E-state index is 0.0310. The first-order chi connectivity index (χ1) is 9.08. The average molecular weight is 265 g/mol. The summed E-state index contributed by atoms with van der Waals surface area (Å²) in [6.45, 7) is 1.78. The molecule has 0 aliphatic rings. The largest absolute Gasteiger partial charge is 0.482 e. The summed E-state index contributed by atoms with van der Waals surface area (Å²) < 4.78 is 31.5. The van der Waals surface area contributed by atoms with Gasteiger partial charge in [0.2, 0.25) is 0 Å². The number of aryl methyl sites for hydroxylation is 1. The highest BCUT2D eigenvalue weighted by Crippen LogP contribution is 2.19. The number of aromatic nitrogens is 2. The molecule has 4 nitrogen and oxygen atoms in total. The van der Waals surface area contributed by atoms with Gasteiger partial charge in [-0.2, -0.15) is 0 Å². The van der Waals surface area contributed by atoms with Crippen molar-refractivity contribution in [3.05, 3.63) is 47.4 Å². The number of hydrogen-bond donors (Lipinski definition) is 1. The van der Waals surface area contributed by atoms with E-state index in [1.165, 1.54) is 0 Å². The Morgan fingerprint density at radius 3 is 2.74 bits per heavy atom. The van der Waals surface area contributed by atoms with Gasteiger partial charge < -0.3 is 10.1 Å². The summed E-state index contributed by atoms with van der Waals surface area (Å²) in [6.07, 6.45) is 0. The van der Waals surface area contributed by atoms with Crippen LogP contribution in [0, 0.1) is 18.6 Å². The first kappa shape index (κ1) is 13.2. The molecule has 1 aromatic heterocycles. The van der Waals surface area contributed by atoms with Gasteiger partial charge in [-0.3, -0.25) is 0 Å². The van der Waals surface area contributed by atoms with Gasteiger partial charge in [-0.05, 0) is 19.1 Å². The van der Waals surface area contributed by atoms with Gasteiger partial charge >= 0.3 is 0 Å². The highest BCUT2D eigenvalue weighted by Gasteiger charge is 2.07. The van der Waals surface area contributed by atoms with Crippen molar-refractivity contribution in [2.75, 3.05) is 12.4 Å². The van der Waals surface area contributed by atoms with E-state index in [1.54, 1.807) is 13.1 Å². The lowest BCUT2D eigenvalue weighted by Gasteiger charge is -2.08. The van der Waals surface area contributed by atoms with E-state index in [9.17, 15) is 8.78 Å². The summed E-state index contributed by atoms with van der Waals surface area (Å²) in [5, 5.41) is 2.89. The lowest BCUT2D eigenvalue weighted by atomic mass is 10.3. The molecular weight excluding hydrogens is 252 g/mol. The molecule has 2 aromatic rings. The molecule has 1 heterocycles. The van der Waals surface area contributed by atoms with Crippen molar-refractivity contribution >= 4 is 5.82 Å². The van der Waals surface area contributed by atoms with E-state index in [-0.39, 0.29) is 12.4 Å². The monoisotopic (exact) mass is 265 g/mol. The third-order valence-corrected chi connectivity index (χ3v) is 2.41. The Morgan fingerprint density at radius 2 is 2.00 bits per heavy atom. The van der Waals surface area contributed by atoms with E-state index >= 15 is 0 Å². The lowest BCUT2D eigenvalue weighted by Crippen LogP contribution is -2.06. The van der Waals surface area contributed by atoms with Crippen LogP contribution in [-0.2, 0) is 6.61 Å². The average Bonchev–Trinajstić information content (AvgIpc) is 2.39. The first-order valence-corrected chi connectivity index (χ1v) is 5.68. The molecule has 0 atom stereocenters. The Kier molecular flexibility index (Phi) is 3.89. The van der Waals surface area contributed by atoms with E-state index in [1.807, 2.05) is 6.92 Å². The normalized spacial score (nSPS) is 10.3. The highest BCUT2D eigenvalue weighted by atomic mass is 19.1. The summed E-state index contributed by atoms with van der Waals surface area (Å²) in [5.41, 5.74) is 0.762. The topological polar surface area (TPSA) is 47.0 Å². The minimum Gasteiger partial charge on any atom is -0.482 e. The highest BCUT2D eigenvalue weighted by molar-refractivity contribution is 5.34. The van der Waals surface area contributed by atoms with E-state index in [2.05, 4.69) is 15.3 Å². The van der Waals surface area contributed by atoms with Gasteiger partial charge in [0.1, 0.15) is 18.2 Å². The Morgan fingerprint density at radius 1 is 1.21 bits per heavy atom. The maximum atomic E-state index is 13.4. The molecule has 6 heteroatoms. The van der Waals surface area contributed by atoms with Gasteiger partial charge in [-0.1, -0.05) is 0 Å². The van der Waals surface area contributed by atoms with Crippen LogP contribution >= 0.6 is 0 Å². The smallest absolute Gasteiger partial charge is 0.168 e. The van der Waals surface area contributed by atoms with Crippen molar-refractivity contribution in [2.24, 2.45) is 0 Å². The predicted molar refractivity (Wildman–Crippen MR) is 67.0 cm³/mol. The molecule has 0 aliphatic carbocycles. The second-order valence-corrected chi connectivity index (χ2v) is 3.92. The fourth-order valence-corrected chi connectivity index (χ4v) is 1.55. The molecule has 0 unspecified atom stereocenters. The lowest BCUT2D eigenvalue weighted by molar-refractivity contribution is 0.279. The zero-order chi connectivity index (χ0) is 13.8. The third kappa shape index (κ3) is 3.37. The molecule has 1 aromatic carbocycles. The predicted octanol–water partition coefficient (Wildman–Crippen LogP) is 2.68. The second-order valence-electron chi connectivity index (χ2n) is 3.92. The quantitative estimate of drug-likeness (QED) is 0.923. The molecular formula is C13H13F2N3O. The van der Waals surface area contributed by atoms with Crippen LogP contribution in [0.25, 0.3) is 0 Å². The number of hydrogen-bond acceptors (Lipinski definition) is 4. The van der Waals surface area contributed by atoms with Crippen molar-refractivity contribution in [3.63, 3.8) is 0 Å². The standard InChI is InChI=1S/C13H13F2N3O/c1-8-5-12(16-2)18-13(17-8)7-19-11-6-9(14)3-4-10(11)15/h3-6H,7H2,1-2H3,(H,16,17,18). The summed E-state index contributed by atoms with van der Waals surface area (Å²) in [4.78, 5) is 8.31. The van der Waals surface area contributed by atoms with Crippen LogP contribution in [0.2, 0.25) is 0 Å². The number of ether oxygens (including phenoxy) is 1. The van der Waals surface area contributed by atoms with Crippen molar-refractivity contribution in [1.82, 2.24) is 9.97 Å². The van der Waals surface area contributed by atoms with Crippen LogP contribution in [0.4, 0.5) is 14.6 Å². The Bertz CT molecular complexity index is 590. The van der Waals surface area contributed by atoms with Crippen LogP contribution in [0.15, 0.2) is 24.3 Å². The summed E-state index contributed by atoms with van der Waals surface area (Å²) in [5.74, 6) is -0.296. The van der Waals surface area contributed by atoms with Crippen molar-refractivity contribution < 1.29 is 13.5 Å². The van der Waals surface area contributed by atoms with E-state index < -0.39 is 11.6 Å². The second kappa shape index (κ2) is 5.60. The van der Waals surface area contributed by atoms with Gasteiger partial charge in [0.25, 0.3) is 0 Å². The summed E-state index contributed by atoms with van der Waals surface area (Å²) >= 11 is 0. The van der Waals surface area contributed by atoms with Gasteiger partial charge in [0.15, 0.2) is 17.4 Å². The first-order valence-electron chi connectivity index (χ1n) is 5.68. The van der Waals surface area contributed by atoms with Gasteiger partial charge in [0.05, 0.1) is 0 Å². The van der Waals surface area contributed by atoms with Crippen molar-refractivity contribution in [1.29, 1.82) is 0 Å². The fraction of sp³-hybridized carbons (Fsp3) is 0.231. The molecule has 0 saturated carbocycles. The van der Waals surface area contributed by atoms with Crippen LogP contribution in [0.1, 0.15) is 11.5 Å². The van der Waals surface area contributed by atoms with E-state index in [0.29, 0.717) is 11.6 Å².